The van der Waals surface area contributed by atoms with E-state index in [1.54, 1.807) is 12.4 Å². The summed E-state index contributed by atoms with van der Waals surface area (Å²) in [5.41, 5.74) is 10.8. The second-order valence-electron chi connectivity index (χ2n) is 9.51. The van der Waals surface area contributed by atoms with Gasteiger partial charge in [-0.3, -0.25) is 4.79 Å². The van der Waals surface area contributed by atoms with Crippen LogP contribution >= 0.6 is 0 Å². The summed E-state index contributed by atoms with van der Waals surface area (Å²) in [6.45, 7) is 11.3. The number of amides is 1. The van der Waals surface area contributed by atoms with E-state index in [0.717, 1.165) is 103 Å². The highest BCUT2D eigenvalue weighted by atomic mass is 16.5. The molecule has 206 valence electrons. The van der Waals surface area contributed by atoms with Gasteiger partial charge in [0.15, 0.2) is 0 Å². The molecule has 0 aromatic carbocycles. The molecule has 1 aromatic heterocycles. The van der Waals surface area contributed by atoms with Crippen LogP contribution in [0.5, 0.6) is 0 Å². The summed E-state index contributed by atoms with van der Waals surface area (Å²) < 4.78 is 5.01. The molecule has 0 atom stereocenters. The maximum Gasteiger partial charge on any atom is 0.225 e. The minimum Gasteiger partial charge on any atom is -0.379 e. The van der Waals surface area contributed by atoms with Gasteiger partial charge in [-0.1, -0.05) is 19.3 Å². The Morgan fingerprint density at radius 3 is 2.06 bits per heavy atom. The molecule has 10 heteroatoms. The molecule has 0 bridgehead atoms. The summed E-state index contributed by atoms with van der Waals surface area (Å²) in [6.07, 6.45) is 13.3. The van der Waals surface area contributed by atoms with E-state index < -0.39 is 0 Å². The number of hydrogen-bond donors (Lipinski definition) is 4. The van der Waals surface area contributed by atoms with Gasteiger partial charge in [-0.15, -0.1) is 0 Å². The van der Waals surface area contributed by atoms with Crippen LogP contribution in [0, 0.1) is 5.92 Å². The molecule has 1 aromatic rings. The van der Waals surface area contributed by atoms with Crippen molar-refractivity contribution in [1.29, 1.82) is 0 Å². The molecule has 4 aliphatic rings. The molecule has 6 N–H and O–H groups in total. The number of nitrogens with one attached hydrogen (secondary N) is 2. The third-order valence-corrected chi connectivity index (χ3v) is 6.66. The number of aromatic nitrogens is 2. The van der Waals surface area contributed by atoms with Gasteiger partial charge in [0, 0.05) is 71.2 Å². The zero-order chi connectivity index (χ0) is 25.7. The summed E-state index contributed by atoms with van der Waals surface area (Å²) in [6, 6.07) is 1.84. The van der Waals surface area contributed by atoms with Gasteiger partial charge in [0.25, 0.3) is 0 Å². The second kappa shape index (κ2) is 20.2. The molecule has 4 fully saturated rings. The molecule has 5 rings (SSSR count). The van der Waals surface area contributed by atoms with Crippen molar-refractivity contribution in [3.8, 4) is 0 Å². The van der Waals surface area contributed by atoms with E-state index >= 15 is 0 Å². The number of ether oxygens (including phenoxy) is 1. The van der Waals surface area contributed by atoms with Crippen molar-refractivity contribution in [1.82, 2.24) is 25.5 Å². The number of nitrogens with two attached hydrogens (primary N) is 2. The Morgan fingerprint density at radius 2 is 1.58 bits per heavy atom. The van der Waals surface area contributed by atoms with Gasteiger partial charge >= 0.3 is 0 Å². The molecular formula is C26H50N8O2. The third-order valence-electron chi connectivity index (χ3n) is 6.66. The van der Waals surface area contributed by atoms with E-state index in [9.17, 15) is 4.79 Å². The molecule has 4 heterocycles. The van der Waals surface area contributed by atoms with Crippen LogP contribution in [0.4, 0.5) is 5.95 Å². The van der Waals surface area contributed by atoms with Crippen LogP contribution in [0.25, 0.3) is 0 Å². The standard InChI is InChI=1S/C8H12N4.C7H14N2O.C7H15N.C4H9NO/c1-2-10-8(11-3-1)12-6-4-9-5-7-12;8-4-2-6-9-5-1-3-7(9)10;8-6-7-4-2-1-3-5-7;1-3-6-4-2-5-1/h1-3,9H,4-7H2;1-6,8H2;7H,1-6,8H2;5H,1-4H2. The number of carbonyl (C=O) groups is 1. The van der Waals surface area contributed by atoms with E-state index in [0.29, 0.717) is 12.5 Å². The van der Waals surface area contributed by atoms with Gasteiger partial charge in [-0.05, 0) is 50.8 Å². The number of morpholine rings is 1. The van der Waals surface area contributed by atoms with Gasteiger partial charge in [-0.25, -0.2) is 9.97 Å². The van der Waals surface area contributed by atoms with Crippen LogP contribution in [0.3, 0.4) is 0 Å². The first-order chi connectivity index (χ1) is 17.7. The lowest BCUT2D eigenvalue weighted by atomic mass is 9.90. The van der Waals surface area contributed by atoms with Crippen LogP contribution in [-0.4, -0.2) is 99.4 Å². The molecule has 1 saturated carbocycles. The van der Waals surface area contributed by atoms with Crippen molar-refractivity contribution in [3.05, 3.63) is 18.5 Å². The summed E-state index contributed by atoms with van der Waals surface area (Å²) >= 11 is 0. The quantitative estimate of drug-likeness (QED) is 0.461. The largest absolute Gasteiger partial charge is 0.379 e. The SMILES string of the molecule is C1COCCN1.NCC1CCCCC1.NCCCN1CCCC1=O.c1cnc(N2CCNCC2)nc1. The normalized spacial score (nSPS) is 20.3. The topological polar surface area (TPSA) is 135 Å². The Labute approximate surface area is 217 Å². The maximum absolute atomic E-state index is 11.0. The highest BCUT2D eigenvalue weighted by molar-refractivity contribution is 5.77. The Kier molecular flexibility index (Phi) is 17.1. The summed E-state index contributed by atoms with van der Waals surface area (Å²) in [5, 5.41) is 6.45. The second-order valence-corrected chi connectivity index (χ2v) is 9.51. The van der Waals surface area contributed by atoms with Crippen molar-refractivity contribution in [2.45, 2.75) is 51.4 Å². The fraction of sp³-hybridized carbons (Fsp3) is 0.808. The van der Waals surface area contributed by atoms with Gasteiger partial charge < -0.3 is 36.6 Å². The molecule has 10 nitrogen and oxygen atoms in total. The highest BCUT2D eigenvalue weighted by Crippen LogP contribution is 2.21. The first-order valence-corrected chi connectivity index (χ1v) is 13.9. The lowest BCUT2D eigenvalue weighted by Gasteiger charge is -2.26. The van der Waals surface area contributed by atoms with Gasteiger partial charge in [0.05, 0.1) is 13.2 Å². The predicted octanol–water partition coefficient (Wildman–Crippen LogP) is 0.975. The zero-order valence-electron chi connectivity index (χ0n) is 22.2. The first kappa shape index (κ1) is 30.4. The molecule has 0 radical (unpaired) electrons. The zero-order valence-corrected chi connectivity index (χ0v) is 22.2. The average Bonchev–Trinajstić information content (AvgIpc) is 3.39. The average molecular weight is 507 g/mol. The number of likely N-dealkylation sites (tertiary alicyclic amines) is 1. The molecule has 36 heavy (non-hydrogen) atoms. The molecule has 3 saturated heterocycles. The molecule has 1 aliphatic carbocycles. The van der Waals surface area contributed by atoms with Crippen molar-refractivity contribution >= 4 is 11.9 Å². The van der Waals surface area contributed by atoms with E-state index in [2.05, 4.69) is 25.5 Å². The van der Waals surface area contributed by atoms with Gasteiger partial charge in [0.1, 0.15) is 0 Å². The Morgan fingerprint density at radius 1 is 0.917 bits per heavy atom. The molecular weight excluding hydrogens is 456 g/mol. The molecule has 3 aliphatic heterocycles. The summed E-state index contributed by atoms with van der Waals surface area (Å²) in [5.74, 6) is 2.01. The summed E-state index contributed by atoms with van der Waals surface area (Å²) in [4.78, 5) is 23.4. The fourth-order valence-corrected chi connectivity index (χ4v) is 4.48. The number of anilines is 1. The first-order valence-electron chi connectivity index (χ1n) is 13.9. The van der Waals surface area contributed by atoms with Crippen molar-refractivity contribution in [2.24, 2.45) is 17.4 Å². The molecule has 1 amide bonds. The third kappa shape index (κ3) is 13.5. The molecule has 0 spiro atoms. The van der Waals surface area contributed by atoms with E-state index in [-0.39, 0.29) is 0 Å². The lowest BCUT2D eigenvalue weighted by molar-refractivity contribution is -0.127. The number of nitrogens with zero attached hydrogens (tertiary/aromatic N) is 4. The van der Waals surface area contributed by atoms with Crippen molar-refractivity contribution in [2.75, 3.05) is 83.6 Å². The number of rotatable bonds is 5. The van der Waals surface area contributed by atoms with Crippen molar-refractivity contribution in [3.63, 3.8) is 0 Å². The van der Waals surface area contributed by atoms with E-state index in [4.69, 9.17) is 16.2 Å². The number of carbonyl (C=O) groups excluding carboxylic acids is 1. The number of piperazine rings is 1. The number of hydrogen-bond acceptors (Lipinski definition) is 9. The predicted molar refractivity (Wildman–Crippen MR) is 146 cm³/mol. The molecule has 0 unspecified atom stereocenters. The van der Waals surface area contributed by atoms with E-state index in [1.807, 2.05) is 11.0 Å². The lowest BCUT2D eigenvalue weighted by Crippen LogP contribution is -2.44. The monoisotopic (exact) mass is 506 g/mol. The van der Waals surface area contributed by atoms with Crippen LogP contribution in [0.2, 0.25) is 0 Å². The van der Waals surface area contributed by atoms with Gasteiger partial charge in [-0.2, -0.15) is 0 Å². The highest BCUT2D eigenvalue weighted by Gasteiger charge is 2.18. The minimum absolute atomic E-state index is 0.299. The maximum atomic E-state index is 11.0. The Balaban J connectivity index is 0.000000174. The van der Waals surface area contributed by atoms with Crippen LogP contribution in [0.15, 0.2) is 18.5 Å². The Hall–Kier alpha value is -1.85. The fourth-order valence-electron chi connectivity index (χ4n) is 4.48. The summed E-state index contributed by atoms with van der Waals surface area (Å²) in [7, 11) is 0. The van der Waals surface area contributed by atoms with Crippen molar-refractivity contribution < 1.29 is 9.53 Å². The Bertz CT molecular complexity index is 639. The van der Waals surface area contributed by atoms with E-state index in [1.165, 1.54) is 32.1 Å². The minimum atomic E-state index is 0.299. The van der Waals surface area contributed by atoms with Crippen LogP contribution < -0.4 is 27.0 Å². The smallest absolute Gasteiger partial charge is 0.225 e. The van der Waals surface area contributed by atoms with Gasteiger partial charge in [0.2, 0.25) is 11.9 Å². The van der Waals surface area contributed by atoms with Crippen LogP contribution in [0.1, 0.15) is 51.4 Å². The van der Waals surface area contributed by atoms with Crippen LogP contribution in [-0.2, 0) is 9.53 Å².